The van der Waals surface area contributed by atoms with Crippen LogP contribution in [0.25, 0.3) is 10.9 Å². The maximum absolute atomic E-state index is 4.21. The van der Waals surface area contributed by atoms with E-state index in [4.69, 9.17) is 0 Å². The molecule has 4 heteroatoms. The van der Waals surface area contributed by atoms with Crippen LogP contribution in [0.4, 0.5) is 5.69 Å². The van der Waals surface area contributed by atoms with Gasteiger partial charge in [-0.25, -0.2) is 0 Å². The molecule has 2 aliphatic heterocycles. The SMILES string of the molecule is Cc1cc2c3c(c1)c1c(n3CC(c3ccncc3)N2C)CCN(C)CC1. The fourth-order valence-electron chi connectivity index (χ4n) is 4.85. The highest BCUT2D eigenvalue weighted by Crippen LogP contribution is 2.43. The third kappa shape index (κ3) is 2.28. The molecule has 0 aliphatic carbocycles. The number of aryl methyl sites for hydroxylation is 1. The minimum Gasteiger partial charge on any atom is -0.364 e. The van der Waals surface area contributed by atoms with E-state index >= 15 is 0 Å². The van der Waals surface area contributed by atoms with Crippen molar-refractivity contribution < 1.29 is 0 Å². The summed E-state index contributed by atoms with van der Waals surface area (Å²) in [5.41, 5.74) is 8.65. The van der Waals surface area contributed by atoms with Crippen molar-refractivity contribution in [3.8, 4) is 0 Å². The molecule has 0 bridgehead atoms. The Morgan fingerprint density at radius 3 is 2.62 bits per heavy atom. The summed E-state index contributed by atoms with van der Waals surface area (Å²) >= 11 is 0. The lowest BCUT2D eigenvalue weighted by molar-refractivity contribution is 0.350. The number of nitrogens with zero attached hydrogens (tertiary/aromatic N) is 4. The minimum absolute atomic E-state index is 0.355. The van der Waals surface area contributed by atoms with Crippen molar-refractivity contribution >= 4 is 16.6 Å². The summed E-state index contributed by atoms with van der Waals surface area (Å²) in [5, 5.41) is 1.48. The van der Waals surface area contributed by atoms with Crippen LogP contribution in [0.3, 0.4) is 0 Å². The lowest BCUT2D eigenvalue weighted by Crippen LogP contribution is -2.33. The number of hydrogen-bond donors (Lipinski definition) is 0. The van der Waals surface area contributed by atoms with E-state index in [-0.39, 0.29) is 0 Å². The number of fused-ring (bicyclic) bond motifs is 3. The molecule has 26 heavy (non-hydrogen) atoms. The molecule has 0 saturated heterocycles. The Kier molecular flexibility index (Phi) is 3.57. The van der Waals surface area contributed by atoms with Crippen molar-refractivity contribution in [2.24, 2.45) is 0 Å². The number of rotatable bonds is 1. The zero-order valence-corrected chi connectivity index (χ0v) is 15.9. The predicted molar refractivity (Wildman–Crippen MR) is 107 cm³/mol. The summed E-state index contributed by atoms with van der Waals surface area (Å²) in [4.78, 5) is 9.14. The van der Waals surface area contributed by atoms with Crippen molar-refractivity contribution in [2.45, 2.75) is 32.4 Å². The van der Waals surface area contributed by atoms with Gasteiger partial charge in [0.1, 0.15) is 0 Å². The lowest BCUT2D eigenvalue weighted by atomic mass is 10.0. The van der Waals surface area contributed by atoms with E-state index in [0.717, 1.165) is 32.5 Å². The Hall–Kier alpha value is -2.33. The van der Waals surface area contributed by atoms with Gasteiger partial charge < -0.3 is 14.4 Å². The molecule has 0 N–H and O–H groups in total. The van der Waals surface area contributed by atoms with Crippen LogP contribution in [0.2, 0.25) is 0 Å². The van der Waals surface area contributed by atoms with Gasteiger partial charge in [-0.2, -0.15) is 0 Å². The molecular weight excluding hydrogens is 320 g/mol. The fourth-order valence-corrected chi connectivity index (χ4v) is 4.85. The molecule has 1 atom stereocenters. The second-order valence-corrected chi connectivity index (χ2v) is 7.93. The molecule has 1 aromatic carbocycles. The van der Waals surface area contributed by atoms with E-state index in [1.54, 1.807) is 11.3 Å². The Morgan fingerprint density at radius 1 is 1.04 bits per heavy atom. The lowest BCUT2D eigenvalue weighted by Gasteiger charge is -2.37. The number of anilines is 1. The summed E-state index contributed by atoms with van der Waals surface area (Å²) in [5.74, 6) is 0. The Labute approximate surface area is 155 Å². The van der Waals surface area contributed by atoms with Gasteiger partial charge in [0.2, 0.25) is 0 Å². The molecule has 0 spiro atoms. The van der Waals surface area contributed by atoms with E-state index in [1.165, 1.54) is 27.7 Å². The number of pyridine rings is 1. The number of benzene rings is 1. The normalized spacial score (nSPS) is 20.3. The van der Waals surface area contributed by atoms with Crippen molar-refractivity contribution in [1.29, 1.82) is 0 Å². The van der Waals surface area contributed by atoms with E-state index in [9.17, 15) is 0 Å². The Bertz CT molecular complexity index is 973. The summed E-state index contributed by atoms with van der Waals surface area (Å²) in [6.45, 7) is 5.55. The first-order chi connectivity index (χ1) is 12.6. The Balaban J connectivity index is 1.74. The molecule has 1 unspecified atom stereocenters. The highest BCUT2D eigenvalue weighted by atomic mass is 15.2. The van der Waals surface area contributed by atoms with Crippen LogP contribution in [0, 0.1) is 6.92 Å². The zero-order valence-electron chi connectivity index (χ0n) is 15.9. The smallest absolute Gasteiger partial charge is 0.0724 e. The average molecular weight is 346 g/mol. The summed E-state index contributed by atoms with van der Waals surface area (Å²) in [7, 11) is 4.49. The van der Waals surface area contributed by atoms with Gasteiger partial charge in [0, 0.05) is 56.6 Å². The first kappa shape index (κ1) is 15.9. The van der Waals surface area contributed by atoms with E-state index in [1.807, 2.05) is 12.4 Å². The topological polar surface area (TPSA) is 24.3 Å². The molecule has 2 aliphatic rings. The largest absolute Gasteiger partial charge is 0.364 e. The highest BCUT2D eigenvalue weighted by molar-refractivity contribution is 5.97. The molecule has 3 aromatic rings. The number of aromatic nitrogens is 2. The van der Waals surface area contributed by atoms with Crippen LogP contribution < -0.4 is 4.90 Å². The van der Waals surface area contributed by atoms with Gasteiger partial charge in [0.25, 0.3) is 0 Å². The third-order valence-corrected chi connectivity index (χ3v) is 6.27. The maximum Gasteiger partial charge on any atom is 0.0724 e. The van der Waals surface area contributed by atoms with Crippen LogP contribution in [0.1, 0.15) is 28.4 Å². The number of hydrogen-bond acceptors (Lipinski definition) is 3. The molecule has 0 fully saturated rings. The first-order valence-corrected chi connectivity index (χ1v) is 9.59. The molecule has 2 aromatic heterocycles. The van der Waals surface area contributed by atoms with Crippen molar-refractivity contribution in [3.05, 3.63) is 59.0 Å². The molecule has 0 radical (unpaired) electrons. The summed E-state index contributed by atoms with van der Waals surface area (Å²) in [6.07, 6.45) is 6.12. The van der Waals surface area contributed by atoms with Crippen LogP contribution in [-0.4, -0.2) is 41.6 Å². The molecule has 5 rings (SSSR count). The van der Waals surface area contributed by atoms with Gasteiger partial charge in [0.15, 0.2) is 0 Å². The molecule has 134 valence electrons. The van der Waals surface area contributed by atoms with Gasteiger partial charge in [0.05, 0.1) is 17.2 Å². The van der Waals surface area contributed by atoms with Gasteiger partial charge in [-0.05, 0) is 61.3 Å². The summed E-state index contributed by atoms with van der Waals surface area (Å²) < 4.78 is 2.63. The summed E-state index contributed by atoms with van der Waals surface area (Å²) in [6, 6.07) is 9.44. The van der Waals surface area contributed by atoms with Gasteiger partial charge in [-0.1, -0.05) is 0 Å². The quantitative estimate of drug-likeness (QED) is 0.673. The molecular formula is C22H26N4. The highest BCUT2D eigenvalue weighted by Gasteiger charge is 2.31. The van der Waals surface area contributed by atoms with Crippen LogP contribution >= 0.6 is 0 Å². The number of likely N-dealkylation sites (N-methyl/N-ethyl adjacent to an activating group) is 2. The molecule has 0 saturated carbocycles. The second-order valence-electron chi connectivity index (χ2n) is 7.93. The second kappa shape index (κ2) is 5.85. The minimum atomic E-state index is 0.355. The van der Waals surface area contributed by atoms with Crippen LogP contribution in [0.5, 0.6) is 0 Å². The third-order valence-electron chi connectivity index (χ3n) is 6.27. The van der Waals surface area contributed by atoms with Crippen LogP contribution in [0.15, 0.2) is 36.7 Å². The average Bonchev–Trinajstić information content (AvgIpc) is 2.79. The Morgan fingerprint density at radius 2 is 1.81 bits per heavy atom. The van der Waals surface area contributed by atoms with Gasteiger partial charge in [-0.3, -0.25) is 4.98 Å². The van der Waals surface area contributed by atoms with Gasteiger partial charge in [-0.15, -0.1) is 0 Å². The van der Waals surface area contributed by atoms with Crippen molar-refractivity contribution in [3.63, 3.8) is 0 Å². The predicted octanol–water partition coefficient (Wildman–Crippen LogP) is 3.57. The van der Waals surface area contributed by atoms with E-state index in [0.29, 0.717) is 6.04 Å². The van der Waals surface area contributed by atoms with Gasteiger partial charge >= 0.3 is 0 Å². The van der Waals surface area contributed by atoms with E-state index in [2.05, 4.69) is 64.6 Å². The first-order valence-electron chi connectivity index (χ1n) is 9.59. The standard InChI is InChI=1S/C22H26N4/c1-15-12-18-17-6-10-24(2)11-7-19(17)26-14-21(16-4-8-23-9-5-16)25(3)20(13-15)22(18)26/h4-5,8-9,12-13,21H,6-7,10-11,14H2,1-3H3. The van der Waals surface area contributed by atoms with E-state index < -0.39 is 0 Å². The maximum atomic E-state index is 4.21. The zero-order chi connectivity index (χ0) is 17.8. The molecule has 0 amide bonds. The van der Waals surface area contributed by atoms with Crippen molar-refractivity contribution in [1.82, 2.24) is 14.5 Å². The fraction of sp³-hybridized carbons (Fsp3) is 0.409. The molecule has 4 heterocycles. The molecule has 4 nitrogen and oxygen atoms in total. The van der Waals surface area contributed by atoms with Crippen molar-refractivity contribution in [2.75, 3.05) is 32.1 Å². The van der Waals surface area contributed by atoms with Crippen LogP contribution in [-0.2, 0) is 19.4 Å². The monoisotopic (exact) mass is 346 g/mol.